The van der Waals surface area contributed by atoms with Gasteiger partial charge in [-0.1, -0.05) is 0 Å². The largest absolute Gasteiger partial charge is 0.475 e. The molecule has 6 nitrogen and oxygen atoms in total. The molecule has 2 rings (SSSR count). The third kappa shape index (κ3) is 3.91. The number of hydrogen-bond donors (Lipinski definition) is 1. The molecule has 1 N–H and O–H groups in total. The summed E-state index contributed by atoms with van der Waals surface area (Å²) in [6.45, 7) is 6.00. The van der Waals surface area contributed by atoms with E-state index in [-0.39, 0.29) is 11.7 Å². The van der Waals surface area contributed by atoms with Crippen molar-refractivity contribution in [3.05, 3.63) is 23.9 Å². The second-order valence-corrected chi connectivity index (χ2v) is 5.32. The predicted molar refractivity (Wildman–Crippen MR) is 72.9 cm³/mol. The van der Waals surface area contributed by atoms with Gasteiger partial charge in [0.05, 0.1) is 18.3 Å². The Labute approximate surface area is 118 Å². The summed E-state index contributed by atoms with van der Waals surface area (Å²) in [6.07, 6.45) is 1.48. The zero-order valence-corrected chi connectivity index (χ0v) is 12.0. The summed E-state index contributed by atoms with van der Waals surface area (Å²) in [6, 6.07) is 3.15. The number of hydrogen-bond acceptors (Lipinski definition) is 6. The van der Waals surface area contributed by atoms with E-state index < -0.39 is 5.97 Å². The third-order valence-corrected chi connectivity index (χ3v) is 2.98. The van der Waals surface area contributed by atoms with E-state index in [1.54, 1.807) is 12.1 Å². The Balaban J connectivity index is 1.92. The number of nitrogens with zero attached hydrogens (tertiary/aromatic N) is 1. The van der Waals surface area contributed by atoms with Gasteiger partial charge in [-0.3, -0.25) is 0 Å². The topological polar surface area (TPSA) is 69.7 Å². The summed E-state index contributed by atoms with van der Waals surface area (Å²) in [7, 11) is 1.34. The number of carbonyl (C=O) groups excluding carboxylic acids is 1. The zero-order valence-electron chi connectivity index (χ0n) is 12.0. The molecule has 1 unspecified atom stereocenters. The van der Waals surface area contributed by atoms with Crippen molar-refractivity contribution < 1.29 is 19.0 Å². The van der Waals surface area contributed by atoms with Crippen molar-refractivity contribution in [3.8, 4) is 5.88 Å². The normalized spacial score (nSPS) is 21.2. The number of methoxy groups -OCH3 is 1. The van der Waals surface area contributed by atoms with E-state index in [2.05, 4.69) is 15.0 Å². The van der Waals surface area contributed by atoms with Crippen molar-refractivity contribution in [2.75, 3.05) is 26.8 Å². The van der Waals surface area contributed by atoms with Crippen molar-refractivity contribution in [2.45, 2.75) is 25.6 Å². The number of ether oxygens (including phenoxy) is 3. The van der Waals surface area contributed by atoms with E-state index in [4.69, 9.17) is 9.47 Å². The van der Waals surface area contributed by atoms with Gasteiger partial charge in [-0.15, -0.1) is 0 Å². The molecule has 1 aliphatic heterocycles. The highest BCUT2D eigenvalue weighted by Crippen LogP contribution is 2.17. The molecule has 1 fully saturated rings. The Kier molecular flexibility index (Phi) is 4.57. The lowest BCUT2D eigenvalue weighted by molar-refractivity contribution is -0.107. The molecule has 1 aromatic heterocycles. The van der Waals surface area contributed by atoms with Crippen LogP contribution in [0.2, 0.25) is 0 Å². The molecule has 0 spiro atoms. The van der Waals surface area contributed by atoms with Gasteiger partial charge < -0.3 is 19.5 Å². The van der Waals surface area contributed by atoms with Crippen molar-refractivity contribution in [2.24, 2.45) is 0 Å². The van der Waals surface area contributed by atoms with Gasteiger partial charge in [0.2, 0.25) is 5.88 Å². The van der Waals surface area contributed by atoms with E-state index in [0.29, 0.717) is 18.1 Å². The molecule has 0 bridgehead atoms. The lowest BCUT2D eigenvalue weighted by atomic mass is 10.1. The first-order valence-electron chi connectivity index (χ1n) is 6.56. The van der Waals surface area contributed by atoms with Crippen molar-refractivity contribution >= 4 is 5.97 Å². The molecule has 0 aliphatic carbocycles. The molecule has 0 radical (unpaired) electrons. The van der Waals surface area contributed by atoms with Gasteiger partial charge in [0.1, 0.15) is 12.7 Å². The first-order valence-corrected chi connectivity index (χ1v) is 6.56. The Morgan fingerprint density at radius 1 is 1.60 bits per heavy atom. The Morgan fingerprint density at radius 3 is 3.10 bits per heavy atom. The summed E-state index contributed by atoms with van der Waals surface area (Å²) in [5, 5.41) is 3.30. The van der Waals surface area contributed by atoms with E-state index in [0.717, 1.165) is 13.1 Å². The van der Waals surface area contributed by atoms with Crippen LogP contribution in [-0.4, -0.2) is 49.5 Å². The van der Waals surface area contributed by atoms with Crippen molar-refractivity contribution in [1.29, 1.82) is 0 Å². The molecule has 0 aromatic carbocycles. The highest BCUT2D eigenvalue weighted by Gasteiger charge is 2.28. The van der Waals surface area contributed by atoms with Crippen LogP contribution in [0, 0.1) is 0 Å². The average Bonchev–Trinajstić information content (AvgIpc) is 2.43. The van der Waals surface area contributed by atoms with E-state index in [9.17, 15) is 4.79 Å². The molecular formula is C14H20N2O4. The van der Waals surface area contributed by atoms with Crippen LogP contribution >= 0.6 is 0 Å². The van der Waals surface area contributed by atoms with Gasteiger partial charge >= 0.3 is 5.97 Å². The Bertz CT molecular complexity index is 476. The quantitative estimate of drug-likeness (QED) is 0.830. The minimum Gasteiger partial charge on any atom is -0.475 e. The fraction of sp³-hybridized carbons (Fsp3) is 0.571. The van der Waals surface area contributed by atoms with Gasteiger partial charge in [-0.25, -0.2) is 9.78 Å². The van der Waals surface area contributed by atoms with Crippen molar-refractivity contribution in [3.63, 3.8) is 0 Å². The highest BCUT2D eigenvalue weighted by atomic mass is 16.6. The number of rotatable bonds is 4. The summed E-state index contributed by atoms with van der Waals surface area (Å²) in [4.78, 5) is 15.5. The average molecular weight is 280 g/mol. The number of esters is 1. The number of pyridine rings is 1. The monoisotopic (exact) mass is 280 g/mol. The number of carbonyl (C=O) groups is 1. The first kappa shape index (κ1) is 14.7. The highest BCUT2D eigenvalue weighted by molar-refractivity contribution is 5.89. The molecular weight excluding hydrogens is 260 g/mol. The third-order valence-electron chi connectivity index (χ3n) is 2.98. The zero-order chi connectivity index (χ0) is 14.6. The maximum Gasteiger partial charge on any atom is 0.338 e. The fourth-order valence-corrected chi connectivity index (χ4v) is 2.07. The van der Waals surface area contributed by atoms with E-state index >= 15 is 0 Å². The Morgan fingerprint density at radius 2 is 2.40 bits per heavy atom. The Hall–Kier alpha value is -1.66. The number of nitrogens with one attached hydrogen (secondary N) is 1. The van der Waals surface area contributed by atoms with Gasteiger partial charge in [0, 0.05) is 25.4 Å². The minimum atomic E-state index is -0.408. The molecule has 110 valence electrons. The van der Waals surface area contributed by atoms with Crippen LogP contribution in [0.5, 0.6) is 5.88 Å². The van der Waals surface area contributed by atoms with Gasteiger partial charge in [-0.05, 0) is 19.9 Å². The molecule has 20 heavy (non-hydrogen) atoms. The van der Waals surface area contributed by atoms with Crippen LogP contribution in [0.25, 0.3) is 0 Å². The molecule has 6 heteroatoms. The van der Waals surface area contributed by atoms with E-state index in [1.807, 2.05) is 13.8 Å². The number of morpholine rings is 1. The SMILES string of the molecule is COC(=O)c1ccnc(OCC2CNCC(C)(C)O2)c1. The molecule has 2 heterocycles. The number of aromatic nitrogens is 1. The summed E-state index contributed by atoms with van der Waals surface area (Å²) >= 11 is 0. The summed E-state index contributed by atoms with van der Waals surface area (Å²) in [5.74, 6) is -0.0196. The van der Waals surface area contributed by atoms with Crippen LogP contribution in [0.4, 0.5) is 0 Å². The van der Waals surface area contributed by atoms with Crippen LogP contribution in [0.15, 0.2) is 18.3 Å². The maximum absolute atomic E-state index is 11.4. The van der Waals surface area contributed by atoms with Crippen LogP contribution < -0.4 is 10.1 Å². The minimum absolute atomic E-state index is 0.0395. The molecule has 1 aliphatic rings. The lowest BCUT2D eigenvalue weighted by Crippen LogP contribution is -2.52. The van der Waals surface area contributed by atoms with E-state index in [1.165, 1.54) is 13.3 Å². The summed E-state index contributed by atoms with van der Waals surface area (Å²) < 4.78 is 16.1. The predicted octanol–water partition coefficient (Wildman–Crippen LogP) is 1.01. The molecule has 1 aromatic rings. The molecule has 1 saturated heterocycles. The molecule has 1 atom stereocenters. The van der Waals surface area contributed by atoms with Gasteiger partial charge in [0.25, 0.3) is 0 Å². The molecule has 0 saturated carbocycles. The first-order chi connectivity index (χ1) is 9.50. The summed E-state index contributed by atoms with van der Waals surface area (Å²) in [5.41, 5.74) is 0.216. The standard InChI is InChI=1S/C14H20N2O4/c1-14(2)9-15-7-11(20-14)8-19-12-6-10(4-5-16-12)13(17)18-3/h4-6,11,15H,7-9H2,1-3H3. The van der Waals surface area contributed by atoms with Crippen molar-refractivity contribution in [1.82, 2.24) is 10.3 Å². The maximum atomic E-state index is 11.4. The second kappa shape index (κ2) is 6.19. The van der Waals surface area contributed by atoms with Gasteiger partial charge in [-0.2, -0.15) is 0 Å². The van der Waals surface area contributed by atoms with Crippen LogP contribution in [0.3, 0.4) is 0 Å². The van der Waals surface area contributed by atoms with Crippen LogP contribution in [-0.2, 0) is 9.47 Å². The lowest BCUT2D eigenvalue weighted by Gasteiger charge is -2.36. The fourth-order valence-electron chi connectivity index (χ4n) is 2.07. The molecule has 0 amide bonds. The second-order valence-electron chi connectivity index (χ2n) is 5.32. The van der Waals surface area contributed by atoms with Gasteiger partial charge in [0.15, 0.2) is 0 Å². The smallest absolute Gasteiger partial charge is 0.338 e. The van der Waals surface area contributed by atoms with Crippen LogP contribution in [0.1, 0.15) is 24.2 Å².